The quantitative estimate of drug-likeness (QED) is 0.538. The maximum Gasteiger partial charge on any atom is 0.255 e. The number of nitrogens with zero attached hydrogens (tertiary/aromatic N) is 1. The van der Waals surface area contributed by atoms with Crippen LogP contribution in [-0.2, 0) is 13.7 Å². The number of hydrogen-bond acceptors (Lipinski definition) is 3. The van der Waals surface area contributed by atoms with Gasteiger partial charge in [0, 0.05) is 34.6 Å². The van der Waals surface area contributed by atoms with Crippen LogP contribution in [0.15, 0.2) is 72.2 Å². The summed E-state index contributed by atoms with van der Waals surface area (Å²) in [6.45, 7) is 0.506. The number of carbonyl (C=O) groups excluding carboxylic acids is 1. The van der Waals surface area contributed by atoms with Gasteiger partial charge < -0.3 is 14.6 Å². The first-order chi connectivity index (χ1) is 12.7. The summed E-state index contributed by atoms with van der Waals surface area (Å²) in [7, 11) is 1.99. The minimum absolute atomic E-state index is 0.150. The Labute approximate surface area is 155 Å². The second-order valence-electron chi connectivity index (χ2n) is 6.02. The number of fused-ring (bicyclic) bond motifs is 1. The van der Waals surface area contributed by atoms with Gasteiger partial charge in [-0.1, -0.05) is 18.2 Å². The number of aryl methyl sites for hydroxylation is 1. The Kier molecular flexibility index (Phi) is 4.46. The van der Waals surface area contributed by atoms with Crippen molar-refractivity contribution in [2.45, 2.75) is 6.61 Å². The van der Waals surface area contributed by atoms with Gasteiger partial charge in [-0.2, -0.15) is 0 Å². The number of anilines is 1. The predicted octanol–water partition coefficient (Wildman–Crippen LogP) is 5.07. The lowest BCUT2D eigenvalue weighted by atomic mass is 10.1. The molecule has 0 saturated heterocycles. The summed E-state index contributed by atoms with van der Waals surface area (Å²) in [5, 5.41) is 6.05. The van der Waals surface area contributed by atoms with Crippen molar-refractivity contribution < 1.29 is 9.53 Å². The van der Waals surface area contributed by atoms with Crippen LogP contribution in [0, 0.1) is 0 Å². The average molecular weight is 362 g/mol. The molecule has 0 atom stereocenters. The highest BCUT2D eigenvalue weighted by Gasteiger charge is 2.10. The van der Waals surface area contributed by atoms with Gasteiger partial charge in [0.25, 0.3) is 5.91 Å². The fourth-order valence-corrected chi connectivity index (χ4v) is 3.50. The van der Waals surface area contributed by atoms with Crippen LogP contribution in [-0.4, -0.2) is 10.5 Å². The maximum atomic E-state index is 12.7. The van der Waals surface area contributed by atoms with Crippen LogP contribution in [0.3, 0.4) is 0 Å². The lowest BCUT2D eigenvalue weighted by Crippen LogP contribution is -2.12. The molecular formula is C21H18N2O2S. The Morgan fingerprint density at radius 1 is 1.12 bits per heavy atom. The Morgan fingerprint density at radius 2 is 2.00 bits per heavy atom. The number of hydrogen-bond donors (Lipinski definition) is 1. The number of aromatic nitrogens is 1. The van der Waals surface area contributed by atoms with E-state index >= 15 is 0 Å². The van der Waals surface area contributed by atoms with Crippen molar-refractivity contribution in [3.63, 3.8) is 0 Å². The second-order valence-corrected chi connectivity index (χ2v) is 7.05. The maximum absolute atomic E-state index is 12.7. The van der Waals surface area contributed by atoms with Gasteiger partial charge >= 0.3 is 0 Å². The molecule has 130 valence electrons. The van der Waals surface area contributed by atoms with Crippen molar-refractivity contribution >= 4 is 33.8 Å². The predicted molar refractivity (Wildman–Crippen MR) is 106 cm³/mol. The van der Waals surface area contributed by atoms with Crippen LogP contribution >= 0.6 is 11.3 Å². The summed E-state index contributed by atoms with van der Waals surface area (Å²) in [4.78, 5) is 13.8. The summed E-state index contributed by atoms with van der Waals surface area (Å²) < 4.78 is 7.82. The largest absolute Gasteiger partial charge is 0.488 e. The third kappa shape index (κ3) is 3.34. The van der Waals surface area contributed by atoms with Crippen molar-refractivity contribution in [3.05, 3.63) is 82.7 Å². The van der Waals surface area contributed by atoms with E-state index in [1.807, 2.05) is 71.7 Å². The highest BCUT2D eigenvalue weighted by atomic mass is 32.1. The van der Waals surface area contributed by atoms with E-state index in [0.717, 1.165) is 21.5 Å². The molecule has 5 heteroatoms. The second kappa shape index (κ2) is 7.06. The molecule has 4 rings (SSSR count). The molecule has 1 amide bonds. The van der Waals surface area contributed by atoms with Crippen molar-refractivity contribution in [2.24, 2.45) is 7.05 Å². The van der Waals surface area contributed by atoms with Crippen LogP contribution in [0.25, 0.3) is 10.9 Å². The van der Waals surface area contributed by atoms with Gasteiger partial charge in [-0.25, -0.2) is 0 Å². The van der Waals surface area contributed by atoms with Crippen molar-refractivity contribution in [2.75, 3.05) is 5.32 Å². The van der Waals surface area contributed by atoms with E-state index in [1.165, 1.54) is 0 Å². The monoisotopic (exact) mass is 362 g/mol. The SMILES string of the molecule is Cn1ccc2c(NC(=O)c3cccc(OCc4cccs4)c3)cccc21. The molecule has 2 heterocycles. The Balaban J connectivity index is 1.51. The number of benzene rings is 2. The zero-order valence-corrected chi connectivity index (χ0v) is 15.1. The highest BCUT2D eigenvalue weighted by molar-refractivity contribution is 7.09. The first kappa shape index (κ1) is 16.4. The molecule has 0 aliphatic rings. The van der Waals surface area contributed by atoms with Gasteiger partial charge in [0.2, 0.25) is 0 Å². The number of rotatable bonds is 5. The Bertz CT molecular complexity index is 1050. The average Bonchev–Trinajstić information content (AvgIpc) is 3.31. The molecular weight excluding hydrogens is 344 g/mol. The summed E-state index contributed by atoms with van der Waals surface area (Å²) in [5.74, 6) is 0.534. The molecule has 2 aromatic heterocycles. The third-order valence-electron chi connectivity index (χ3n) is 4.23. The summed E-state index contributed by atoms with van der Waals surface area (Å²) in [6, 6.07) is 19.2. The molecule has 0 fully saturated rings. The van der Waals surface area contributed by atoms with Crippen LogP contribution in [0.4, 0.5) is 5.69 Å². The number of thiophene rings is 1. The van der Waals surface area contributed by atoms with Crippen LogP contribution in [0.2, 0.25) is 0 Å². The first-order valence-electron chi connectivity index (χ1n) is 8.31. The highest BCUT2D eigenvalue weighted by Crippen LogP contribution is 2.25. The van der Waals surface area contributed by atoms with Gasteiger partial charge in [0.05, 0.1) is 5.69 Å². The van der Waals surface area contributed by atoms with E-state index in [1.54, 1.807) is 23.5 Å². The van der Waals surface area contributed by atoms with Crippen LogP contribution in [0.1, 0.15) is 15.2 Å². The van der Waals surface area contributed by atoms with Crippen LogP contribution in [0.5, 0.6) is 5.75 Å². The lowest BCUT2D eigenvalue weighted by molar-refractivity contribution is 0.102. The van der Waals surface area contributed by atoms with Gasteiger partial charge in [-0.3, -0.25) is 4.79 Å². The van der Waals surface area contributed by atoms with E-state index in [2.05, 4.69) is 5.32 Å². The van der Waals surface area contributed by atoms with Gasteiger partial charge in [0.1, 0.15) is 12.4 Å². The molecule has 26 heavy (non-hydrogen) atoms. The normalized spacial score (nSPS) is 10.8. The fraction of sp³-hybridized carbons (Fsp3) is 0.0952. The number of amides is 1. The Morgan fingerprint density at radius 3 is 2.85 bits per heavy atom. The van der Waals surface area contributed by atoms with E-state index in [0.29, 0.717) is 17.9 Å². The Hall–Kier alpha value is -3.05. The van der Waals surface area contributed by atoms with Crippen LogP contribution < -0.4 is 10.1 Å². The van der Waals surface area contributed by atoms with Crippen molar-refractivity contribution in [3.8, 4) is 5.75 Å². The third-order valence-corrected chi connectivity index (χ3v) is 5.08. The molecule has 0 radical (unpaired) electrons. The molecule has 4 aromatic rings. The number of carbonyl (C=O) groups is 1. The molecule has 0 unspecified atom stereocenters. The molecule has 2 aromatic carbocycles. The van der Waals surface area contributed by atoms with E-state index in [9.17, 15) is 4.79 Å². The van der Waals surface area contributed by atoms with E-state index < -0.39 is 0 Å². The van der Waals surface area contributed by atoms with Crippen molar-refractivity contribution in [1.82, 2.24) is 4.57 Å². The summed E-state index contributed by atoms with van der Waals surface area (Å²) in [6.07, 6.45) is 1.99. The van der Waals surface area contributed by atoms with Crippen molar-refractivity contribution in [1.29, 1.82) is 0 Å². The molecule has 0 bridgehead atoms. The number of nitrogens with one attached hydrogen (secondary N) is 1. The lowest BCUT2D eigenvalue weighted by Gasteiger charge is -2.09. The van der Waals surface area contributed by atoms with Gasteiger partial charge in [-0.05, 0) is 47.8 Å². The van der Waals surface area contributed by atoms with E-state index in [4.69, 9.17) is 4.74 Å². The smallest absolute Gasteiger partial charge is 0.255 e. The van der Waals surface area contributed by atoms with Gasteiger partial charge in [-0.15, -0.1) is 11.3 Å². The summed E-state index contributed by atoms with van der Waals surface area (Å²) in [5.41, 5.74) is 2.45. The fourth-order valence-electron chi connectivity index (χ4n) is 2.88. The van der Waals surface area contributed by atoms with E-state index in [-0.39, 0.29) is 5.91 Å². The minimum Gasteiger partial charge on any atom is -0.488 e. The zero-order chi connectivity index (χ0) is 17.9. The topological polar surface area (TPSA) is 43.3 Å². The molecule has 0 spiro atoms. The first-order valence-corrected chi connectivity index (χ1v) is 9.19. The molecule has 1 N–H and O–H groups in total. The molecule has 0 aliphatic carbocycles. The number of ether oxygens (including phenoxy) is 1. The van der Waals surface area contributed by atoms with Gasteiger partial charge in [0.15, 0.2) is 0 Å². The zero-order valence-electron chi connectivity index (χ0n) is 14.3. The molecule has 0 saturated carbocycles. The molecule has 0 aliphatic heterocycles. The standard InChI is InChI=1S/C21H18N2O2S/c1-23-11-10-18-19(8-3-9-20(18)23)22-21(24)15-5-2-6-16(13-15)25-14-17-7-4-12-26-17/h2-13H,14H2,1H3,(H,22,24). The minimum atomic E-state index is -0.150. The molecule has 4 nitrogen and oxygen atoms in total. The summed E-state index contributed by atoms with van der Waals surface area (Å²) >= 11 is 1.65.